The maximum absolute atomic E-state index is 6.07. The minimum Gasteiger partial charge on any atom is -0.488 e. The van der Waals surface area contributed by atoms with Crippen molar-refractivity contribution in [3.8, 4) is 5.75 Å². The first-order valence-electron chi connectivity index (χ1n) is 6.10. The van der Waals surface area contributed by atoms with Crippen molar-refractivity contribution < 1.29 is 4.74 Å². The van der Waals surface area contributed by atoms with Crippen LogP contribution in [0.4, 0.5) is 0 Å². The van der Waals surface area contributed by atoms with Gasteiger partial charge in [0.2, 0.25) is 0 Å². The number of rotatable bonds is 6. The monoisotopic (exact) mass is 349 g/mol. The normalized spacial score (nSPS) is 12.4. The minimum absolute atomic E-state index is 0.0234. The van der Waals surface area contributed by atoms with Crippen molar-refractivity contribution in [2.24, 2.45) is 0 Å². The molecule has 0 saturated heterocycles. The Morgan fingerprint density at radius 1 is 1.20 bits per heavy atom. The van der Waals surface area contributed by atoms with Crippen LogP contribution in [0.5, 0.6) is 5.75 Å². The summed E-state index contributed by atoms with van der Waals surface area (Å²) >= 11 is 19.6. The highest BCUT2D eigenvalue weighted by atomic mass is 35.5. The smallest absolute Gasteiger partial charge is 0.139 e. The molecule has 1 heterocycles. The second-order valence-electron chi connectivity index (χ2n) is 4.34. The van der Waals surface area contributed by atoms with Crippen LogP contribution in [-0.2, 0) is 6.54 Å². The lowest BCUT2D eigenvalue weighted by molar-refractivity contribution is 0.217. The molecule has 0 amide bonds. The van der Waals surface area contributed by atoms with E-state index in [1.807, 2.05) is 13.0 Å². The molecule has 0 aliphatic rings. The summed E-state index contributed by atoms with van der Waals surface area (Å²) in [6, 6.07) is 7.37. The molecule has 2 rings (SSSR count). The second kappa shape index (κ2) is 7.53. The molecule has 0 fully saturated rings. The Bertz CT molecular complexity index is 560. The number of halogens is 3. The van der Waals surface area contributed by atoms with Gasteiger partial charge in [0.05, 0.1) is 15.1 Å². The Hall–Kier alpha value is -0.450. The van der Waals surface area contributed by atoms with Crippen molar-refractivity contribution in [2.75, 3.05) is 6.54 Å². The van der Waals surface area contributed by atoms with Gasteiger partial charge < -0.3 is 10.1 Å². The van der Waals surface area contributed by atoms with Gasteiger partial charge >= 0.3 is 0 Å². The predicted molar refractivity (Wildman–Crippen MR) is 87.6 cm³/mol. The zero-order chi connectivity index (χ0) is 14.5. The zero-order valence-corrected chi connectivity index (χ0v) is 13.9. The largest absolute Gasteiger partial charge is 0.488 e. The Kier molecular flexibility index (Phi) is 6.00. The number of hydrogen-bond acceptors (Lipinski definition) is 3. The molecular weight excluding hydrogens is 337 g/mol. The lowest BCUT2D eigenvalue weighted by Crippen LogP contribution is -2.28. The van der Waals surface area contributed by atoms with Gasteiger partial charge in [0.25, 0.3) is 0 Å². The average molecular weight is 351 g/mol. The molecule has 1 N–H and O–H groups in total. The predicted octanol–water partition coefficient (Wildman–Crippen LogP) is 5.27. The summed E-state index contributed by atoms with van der Waals surface area (Å²) in [6.45, 7) is 3.52. The lowest BCUT2D eigenvalue weighted by atomic mass is 10.3. The van der Waals surface area contributed by atoms with Crippen LogP contribution in [-0.4, -0.2) is 12.6 Å². The topological polar surface area (TPSA) is 21.3 Å². The molecule has 0 bridgehead atoms. The van der Waals surface area contributed by atoms with Crippen LogP contribution in [0, 0.1) is 0 Å². The highest BCUT2D eigenvalue weighted by molar-refractivity contribution is 7.09. The van der Waals surface area contributed by atoms with Crippen LogP contribution in [0.25, 0.3) is 0 Å². The summed E-state index contributed by atoms with van der Waals surface area (Å²) in [5, 5.41) is 6.72. The molecule has 2 nitrogen and oxygen atoms in total. The maximum atomic E-state index is 6.07. The highest BCUT2D eigenvalue weighted by Crippen LogP contribution is 2.34. The number of benzene rings is 1. The molecule has 0 saturated carbocycles. The van der Waals surface area contributed by atoms with Gasteiger partial charge in [-0.25, -0.2) is 0 Å². The van der Waals surface area contributed by atoms with Crippen LogP contribution in [0.15, 0.2) is 29.6 Å². The molecule has 2 aromatic rings. The van der Waals surface area contributed by atoms with Gasteiger partial charge in [-0.3, -0.25) is 0 Å². The van der Waals surface area contributed by atoms with Crippen molar-refractivity contribution in [3.05, 3.63) is 49.6 Å². The first-order valence-corrected chi connectivity index (χ1v) is 8.12. The number of ether oxygens (including phenoxy) is 1. The Labute approximate surface area is 137 Å². The minimum atomic E-state index is -0.0234. The van der Waals surface area contributed by atoms with E-state index in [2.05, 4.69) is 16.8 Å². The molecule has 0 radical (unpaired) electrons. The van der Waals surface area contributed by atoms with Crippen molar-refractivity contribution in [3.63, 3.8) is 0 Å². The fourth-order valence-electron chi connectivity index (χ4n) is 1.66. The van der Waals surface area contributed by atoms with E-state index in [0.717, 1.165) is 6.54 Å². The molecule has 6 heteroatoms. The van der Waals surface area contributed by atoms with Crippen molar-refractivity contribution in [2.45, 2.75) is 19.6 Å². The second-order valence-corrected chi connectivity index (χ2v) is 6.59. The standard InChI is InChI=1S/C14H14Cl3NOS/c1-9(7-18-8-10-3-2-4-20-10)19-14-6-12(16)11(15)5-13(14)17/h2-6,9,18H,7-8H2,1H3. The summed E-state index contributed by atoms with van der Waals surface area (Å²) in [5.41, 5.74) is 0. The Balaban J connectivity index is 1.85. The van der Waals surface area contributed by atoms with E-state index in [0.29, 0.717) is 27.4 Å². The molecule has 1 aromatic carbocycles. The molecule has 20 heavy (non-hydrogen) atoms. The molecule has 1 atom stereocenters. The van der Waals surface area contributed by atoms with Gasteiger partial charge in [-0.15, -0.1) is 11.3 Å². The van der Waals surface area contributed by atoms with E-state index in [1.54, 1.807) is 23.5 Å². The van der Waals surface area contributed by atoms with E-state index in [9.17, 15) is 0 Å². The maximum Gasteiger partial charge on any atom is 0.139 e. The molecule has 0 aliphatic heterocycles. The lowest BCUT2D eigenvalue weighted by Gasteiger charge is -2.16. The highest BCUT2D eigenvalue weighted by Gasteiger charge is 2.10. The van der Waals surface area contributed by atoms with Gasteiger partial charge in [-0.05, 0) is 24.4 Å². The van der Waals surface area contributed by atoms with Crippen LogP contribution < -0.4 is 10.1 Å². The van der Waals surface area contributed by atoms with Crippen LogP contribution in [0.3, 0.4) is 0 Å². The third-order valence-electron chi connectivity index (χ3n) is 2.61. The molecule has 0 aliphatic carbocycles. The van der Waals surface area contributed by atoms with E-state index in [4.69, 9.17) is 39.5 Å². The quantitative estimate of drug-likeness (QED) is 0.717. The van der Waals surface area contributed by atoms with Crippen molar-refractivity contribution in [1.82, 2.24) is 5.32 Å². The van der Waals surface area contributed by atoms with E-state index >= 15 is 0 Å². The first kappa shape index (κ1) is 15.9. The molecule has 108 valence electrons. The van der Waals surface area contributed by atoms with Crippen LogP contribution in [0.2, 0.25) is 15.1 Å². The molecule has 1 unspecified atom stereocenters. The van der Waals surface area contributed by atoms with Gasteiger partial charge in [0.1, 0.15) is 11.9 Å². The van der Waals surface area contributed by atoms with Gasteiger partial charge in [0.15, 0.2) is 0 Å². The summed E-state index contributed by atoms with van der Waals surface area (Å²) < 4.78 is 5.77. The first-order chi connectivity index (χ1) is 9.56. The average Bonchev–Trinajstić information content (AvgIpc) is 2.89. The summed E-state index contributed by atoms with van der Waals surface area (Å²) in [6.07, 6.45) is -0.0234. The van der Waals surface area contributed by atoms with Gasteiger partial charge in [0, 0.05) is 24.0 Å². The van der Waals surface area contributed by atoms with E-state index in [-0.39, 0.29) is 6.10 Å². The number of nitrogens with one attached hydrogen (secondary N) is 1. The Morgan fingerprint density at radius 3 is 2.65 bits per heavy atom. The third-order valence-corrected chi connectivity index (χ3v) is 4.51. The fourth-order valence-corrected chi connectivity index (χ4v) is 2.92. The number of thiophene rings is 1. The summed E-state index contributed by atoms with van der Waals surface area (Å²) in [4.78, 5) is 1.30. The van der Waals surface area contributed by atoms with Crippen LogP contribution >= 0.6 is 46.1 Å². The Morgan fingerprint density at radius 2 is 1.95 bits per heavy atom. The van der Waals surface area contributed by atoms with Gasteiger partial charge in [-0.2, -0.15) is 0 Å². The molecule has 1 aromatic heterocycles. The van der Waals surface area contributed by atoms with Crippen molar-refractivity contribution >= 4 is 46.1 Å². The van der Waals surface area contributed by atoms with Crippen molar-refractivity contribution in [1.29, 1.82) is 0 Å². The molecule has 0 spiro atoms. The third kappa shape index (κ3) is 4.54. The SMILES string of the molecule is CC(CNCc1cccs1)Oc1cc(Cl)c(Cl)cc1Cl. The fraction of sp³-hybridized carbons (Fsp3) is 0.286. The summed E-state index contributed by atoms with van der Waals surface area (Å²) in [7, 11) is 0. The zero-order valence-electron chi connectivity index (χ0n) is 10.8. The van der Waals surface area contributed by atoms with Gasteiger partial charge in [-0.1, -0.05) is 40.9 Å². The number of hydrogen-bond donors (Lipinski definition) is 1. The van der Waals surface area contributed by atoms with Crippen LogP contribution in [0.1, 0.15) is 11.8 Å². The van der Waals surface area contributed by atoms with E-state index < -0.39 is 0 Å². The van der Waals surface area contributed by atoms with E-state index in [1.165, 1.54) is 4.88 Å². The summed E-state index contributed by atoms with van der Waals surface area (Å²) in [5.74, 6) is 0.548. The molecular formula is C14H14Cl3NOS.